The zero-order valence-electron chi connectivity index (χ0n) is 9.20. The second-order valence-corrected chi connectivity index (χ2v) is 4.60. The molecule has 2 N–H and O–H groups in total. The van der Waals surface area contributed by atoms with Crippen LogP contribution in [0.3, 0.4) is 0 Å². The molecule has 0 fully saturated rings. The van der Waals surface area contributed by atoms with E-state index in [0.717, 1.165) is 4.90 Å². The number of hydrogen-bond donors (Lipinski definition) is 1. The Morgan fingerprint density at radius 2 is 2.24 bits per heavy atom. The Hall–Kier alpha value is -1.08. The topological polar surface area (TPSA) is 46.3 Å². The minimum Gasteiger partial charge on any atom is -0.344 e. The average Bonchev–Trinajstić information content (AvgIpc) is 2.76. The van der Waals surface area contributed by atoms with Crippen molar-refractivity contribution in [2.75, 3.05) is 13.6 Å². The van der Waals surface area contributed by atoms with E-state index in [1.165, 1.54) is 18.4 Å². The summed E-state index contributed by atoms with van der Waals surface area (Å²) in [4.78, 5) is 13.4. The number of amides is 1. The number of alkyl halides is 3. The van der Waals surface area contributed by atoms with Gasteiger partial charge in [0.1, 0.15) is 6.04 Å². The van der Waals surface area contributed by atoms with Gasteiger partial charge in [0, 0.05) is 18.5 Å². The minimum absolute atomic E-state index is 0.374. The monoisotopic (exact) mass is 266 g/mol. The summed E-state index contributed by atoms with van der Waals surface area (Å²) in [5, 5.41) is 1.76. The highest BCUT2D eigenvalue weighted by Gasteiger charge is 2.29. The minimum atomic E-state index is -4.26. The number of likely N-dealkylation sites (N-methyl/N-ethyl adjacent to an activating group) is 1. The molecule has 0 saturated carbocycles. The Morgan fingerprint density at radius 1 is 1.59 bits per heavy atom. The van der Waals surface area contributed by atoms with E-state index in [1.54, 1.807) is 17.5 Å². The lowest BCUT2D eigenvalue weighted by Gasteiger charge is -2.21. The van der Waals surface area contributed by atoms with Gasteiger partial charge < -0.3 is 10.6 Å². The standard InChI is InChI=1S/C10H13F3N2OS/c1-15(5-4-10(11,12)13)9(16)8(14)7-3-2-6-17-7/h2-3,6,8H,4-5,14H2,1H3. The van der Waals surface area contributed by atoms with Gasteiger partial charge in [-0.15, -0.1) is 11.3 Å². The summed E-state index contributed by atoms with van der Waals surface area (Å²) in [5.74, 6) is -0.503. The largest absolute Gasteiger partial charge is 0.390 e. The van der Waals surface area contributed by atoms with Crippen molar-refractivity contribution in [2.24, 2.45) is 5.73 Å². The summed E-state index contributed by atoms with van der Waals surface area (Å²) in [6, 6.07) is 2.54. The van der Waals surface area contributed by atoms with Gasteiger partial charge in [-0.25, -0.2) is 0 Å². The molecular weight excluding hydrogens is 253 g/mol. The van der Waals surface area contributed by atoms with Crippen LogP contribution in [0.4, 0.5) is 13.2 Å². The highest BCUT2D eigenvalue weighted by molar-refractivity contribution is 7.10. The van der Waals surface area contributed by atoms with Crippen molar-refractivity contribution in [1.82, 2.24) is 4.90 Å². The molecular formula is C10H13F3N2OS. The first-order chi connectivity index (χ1) is 7.81. The van der Waals surface area contributed by atoms with Gasteiger partial charge in [-0.1, -0.05) is 6.07 Å². The van der Waals surface area contributed by atoms with Crippen molar-refractivity contribution >= 4 is 17.2 Å². The maximum Gasteiger partial charge on any atom is 0.390 e. The number of nitrogens with two attached hydrogens (primary N) is 1. The van der Waals surface area contributed by atoms with Crippen LogP contribution in [0.1, 0.15) is 17.3 Å². The molecule has 17 heavy (non-hydrogen) atoms. The van der Waals surface area contributed by atoms with E-state index in [4.69, 9.17) is 5.73 Å². The summed E-state index contributed by atoms with van der Waals surface area (Å²) < 4.78 is 36.0. The molecule has 7 heteroatoms. The smallest absolute Gasteiger partial charge is 0.344 e. The Bertz CT molecular complexity index is 364. The van der Waals surface area contributed by atoms with Crippen LogP contribution in [-0.2, 0) is 4.79 Å². The van der Waals surface area contributed by atoms with Crippen molar-refractivity contribution in [2.45, 2.75) is 18.6 Å². The van der Waals surface area contributed by atoms with E-state index in [1.807, 2.05) is 0 Å². The number of rotatable bonds is 4. The van der Waals surface area contributed by atoms with Crippen molar-refractivity contribution in [3.63, 3.8) is 0 Å². The normalized spacial score (nSPS) is 13.5. The molecule has 0 aliphatic heterocycles. The van der Waals surface area contributed by atoms with Gasteiger partial charge in [0.05, 0.1) is 6.42 Å². The molecule has 1 rings (SSSR count). The van der Waals surface area contributed by atoms with E-state index in [2.05, 4.69) is 0 Å². The quantitative estimate of drug-likeness (QED) is 0.907. The molecule has 1 atom stereocenters. The van der Waals surface area contributed by atoms with Gasteiger partial charge in [-0.05, 0) is 11.4 Å². The molecule has 1 aromatic heterocycles. The van der Waals surface area contributed by atoms with Crippen molar-refractivity contribution < 1.29 is 18.0 Å². The first-order valence-electron chi connectivity index (χ1n) is 4.92. The summed E-state index contributed by atoms with van der Waals surface area (Å²) in [6.45, 7) is -0.374. The van der Waals surface area contributed by atoms with Crippen LogP contribution < -0.4 is 5.73 Å². The van der Waals surface area contributed by atoms with Crippen LogP contribution in [0.15, 0.2) is 17.5 Å². The molecule has 0 radical (unpaired) electrons. The van der Waals surface area contributed by atoms with Crippen LogP contribution in [0.5, 0.6) is 0 Å². The van der Waals surface area contributed by atoms with Crippen LogP contribution in [0, 0.1) is 0 Å². The number of thiophene rings is 1. The van der Waals surface area contributed by atoms with E-state index in [-0.39, 0.29) is 6.54 Å². The lowest BCUT2D eigenvalue weighted by atomic mass is 10.2. The predicted octanol–water partition coefficient (Wildman–Crippen LogP) is 2.16. The average molecular weight is 266 g/mol. The molecule has 0 aromatic carbocycles. The van der Waals surface area contributed by atoms with E-state index < -0.39 is 24.5 Å². The first kappa shape index (κ1) is 14.0. The molecule has 0 aliphatic rings. The molecule has 0 spiro atoms. The fraction of sp³-hybridized carbons (Fsp3) is 0.500. The number of halogens is 3. The maximum absolute atomic E-state index is 12.0. The predicted molar refractivity (Wildman–Crippen MR) is 59.6 cm³/mol. The van der Waals surface area contributed by atoms with Crippen LogP contribution in [-0.4, -0.2) is 30.6 Å². The Morgan fingerprint density at radius 3 is 2.71 bits per heavy atom. The van der Waals surface area contributed by atoms with Crippen molar-refractivity contribution in [3.05, 3.63) is 22.4 Å². The van der Waals surface area contributed by atoms with Gasteiger partial charge in [0.2, 0.25) is 5.91 Å². The number of hydrogen-bond acceptors (Lipinski definition) is 3. The number of nitrogens with zero attached hydrogens (tertiary/aromatic N) is 1. The fourth-order valence-corrected chi connectivity index (χ4v) is 1.95. The molecule has 0 aliphatic carbocycles. The summed E-state index contributed by atoms with van der Waals surface area (Å²) in [7, 11) is 1.32. The summed E-state index contributed by atoms with van der Waals surface area (Å²) in [5.41, 5.74) is 5.66. The third-order valence-electron chi connectivity index (χ3n) is 2.22. The molecule has 0 bridgehead atoms. The molecule has 1 aromatic rings. The third kappa shape index (κ3) is 4.35. The second kappa shape index (κ2) is 5.50. The molecule has 0 saturated heterocycles. The van der Waals surface area contributed by atoms with Crippen LogP contribution >= 0.6 is 11.3 Å². The zero-order chi connectivity index (χ0) is 13.1. The molecule has 3 nitrogen and oxygen atoms in total. The zero-order valence-corrected chi connectivity index (χ0v) is 10.0. The highest BCUT2D eigenvalue weighted by Crippen LogP contribution is 2.21. The van der Waals surface area contributed by atoms with E-state index in [0.29, 0.717) is 4.88 Å². The first-order valence-corrected chi connectivity index (χ1v) is 5.80. The summed E-state index contributed by atoms with van der Waals surface area (Å²) in [6.07, 6.45) is -5.28. The van der Waals surface area contributed by atoms with Crippen LogP contribution in [0.25, 0.3) is 0 Å². The van der Waals surface area contributed by atoms with Crippen molar-refractivity contribution in [3.8, 4) is 0 Å². The van der Waals surface area contributed by atoms with Gasteiger partial charge >= 0.3 is 6.18 Å². The van der Waals surface area contributed by atoms with Gasteiger partial charge in [-0.3, -0.25) is 4.79 Å². The Labute approximate surface area is 101 Å². The number of carbonyl (C=O) groups is 1. The maximum atomic E-state index is 12.0. The Balaban J connectivity index is 2.52. The van der Waals surface area contributed by atoms with E-state index >= 15 is 0 Å². The molecule has 1 heterocycles. The highest BCUT2D eigenvalue weighted by atomic mass is 32.1. The van der Waals surface area contributed by atoms with E-state index in [9.17, 15) is 18.0 Å². The molecule has 1 unspecified atom stereocenters. The third-order valence-corrected chi connectivity index (χ3v) is 3.18. The SMILES string of the molecule is CN(CCC(F)(F)F)C(=O)C(N)c1cccs1. The Kier molecular flexibility index (Phi) is 4.53. The van der Waals surface area contributed by atoms with Gasteiger partial charge in [0.15, 0.2) is 0 Å². The molecule has 1 amide bonds. The van der Waals surface area contributed by atoms with Crippen molar-refractivity contribution in [1.29, 1.82) is 0 Å². The lowest BCUT2D eigenvalue weighted by Crippen LogP contribution is -2.37. The van der Waals surface area contributed by atoms with Crippen LogP contribution in [0.2, 0.25) is 0 Å². The lowest BCUT2D eigenvalue weighted by molar-refractivity contribution is -0.144. The fourth-order valence-electron chi connectivity index (χ4n) is 1.23. The van der Waals surface area contributed by atoms with Gasteiger partial charge in [0.25, 0.3) is 0 Å². The summed E-state index contributed by atoms with van der Waals surface area (Å²) >= 11 is 1.31. The second-order valence-electron chi connectivity index (χ2n) is 3.62. The van der Waals surface area contributed by atoms with Gasteiger partial charge in [-0.2, -0.15) is 13.2 Å². The number of carbonyl (C=O) groups excluding carboxylic acids is 1. The molecule has 96 valence electrons.